The van der Waals surface area contributed by atoms with Crippen LogP contribution in [0.2, 0.25) is 0 Å². The molecule has 3 aromatic rings. The topological polar surface area (TPSA) is 56.1 Å². The van der Waals surface area contributed by atoms with Crippen LogP contribution in [0.5, 0.6) is 5.75 Å². The molecule has 1 N–H and O–H groups in total. The van der Waals surface area contributed by atoms with Crippen LogP contribution < -0.4 is 10.1 Å². The van der Waals surface area contributed by atoms with Gasteiger partial charge >= 0.3 is 0 Å². The van der Waals surface area contributed by atoms with E-state index in [1.807, 2.05) is 24.3 Å². The molecule has 1 heterocycles. The quantitative estimate of drug-likeness (QED) is 0.799. The molecule has 0 aliphatic carbocycles. The number of amides is 1. The summed E-state index contributed by atoms with van der Waals surface area (Å²) >= 11 is 0. The van der Waals surface area contributed by atoms with Crippen molar-refractivity contribution < 1.29 is 13.9 Å². The van der Waals surface area contributed by atoms with Gasteiger partial charge in [0.1, 0.15) is 11.6 Å². The number of hydrogen-bond donors (Lipinski definition) is 1. The Morgan fingerprint density at radius 3 is 2.62 bits per heavy atom. The lowest BCUT2D eigenvalue weighted by Gasteiger charge is -2.08. The summed E-state index contributed by atoms with van der Waals surface area (Å²) in [5.74, 6) is 0.279. The number of halogens is 1. The molecule has 0 radical (unpaired) electrons. The molecule has 0 spiro atoms. The maximum atomic E-state index is 13.2. The zero-order valence-electron chi connectivity index (χ0n) is 13.3. The number of nitrogens with one attached hydrogen (secondary N) is 1. The van der Waals surface area contributed by atoms with Gasteiger partial charge in [0, 0.05) is 18.2 Å². The zero-order chi connectivity index (χ0) is 17.1. The third-order valence-electron chi connectivity index (χ3n) is 3.69. The van der Waals surface area contributed by atoms with Crippen LogP contribution >= 0.6 is 0 Å². The number of hydrogen-bond acceptors (Lipinski definition) is 3. The molecule has 0 aliphatic rings. The number of aromatic nitrogens is 2. The van der Waals surface area contributed by atoms with Gasteiger partial charge in [-0.05, 0) is 42.5 Å². The fourth-order valence-electron chi connectivity index (χ4n) is 2.36. The van der Waals surface area contributed by atoms with Gasteiger partial charge < -0.3 is 9.30 Å². The first-order valence-electron chi connectivity index (χ1n) is 7.31. The van der Waals surface area contributed by atoms with Crippen LogP contribution in [-0.2, 0) is 7.05 Å². The highest BCUT2D eigenvalue weighted by molar-refractivity contribution is 6.03. The SMILES string of the molecule is COc1ccc(-c2cnc(NC(=O)c3cccc(F)c3)n2C)cc1. The maximum Gasteiger partial charge on any atom is 0.258 e. The van der Waals surface area contributed by atoms with E-state index in [1.165, 1.54) is 18.2 Å². The van der Waals surface area contributed by atoms with Crippen molar-refractivity contribution in [3.63, 3.8) is 0 Å². The summed E-state index contributed by atoms with van der Waals surface area (Å²) in [6.07, 6.45) is 1.67. The van der Waals surface area contributed by atoms with Gasteiger partial charge in [0.25, 0.3) is 5.91 Å². The Hall–Kier alpha value is -3.15. The Balaban J connectivity index is 1.83. The Bertz CT molecular complexity index is 872. The van der Waals surface area contributed by atoms with E-state index in [4.69, 9.17) is 4.74 Å². The Morgan fingerprint density at radius 2 is 1.96 bits per heavy atom. The van der Waals surface area contributed by atoms with Crippen LogP contribution in [0.4, 0.5) is 10.3 Å². The van der Waals surface area contributed by atoms with Gasteiger partial charge in [-0.25, -0.2) is 9.37 Å². The van der Waals surface area contributed by atoms with Gasteiger partial charge in [-0.3, -0.25) is 10.1 Å². The molecule has 0 saturated carbocycles. The predicted molar refractivity (Wildman–Crippen MR) is 89.5 cm³/mol. The number of nitrogens with zero attached hydrogens (tertiary/aromatic N) is 2. The molecule has 0 aliphatic heterocycles. The van der Waals surface area contributed by atoms with Crippen molar-refractivity contribution in [1.82, 2.24) is 9.55 Å². The summed E-state index contributed by atoms with van der Waals surface area (Å²) in [4.78, 5) is 16.4. The molecule has 0 fully saturated rings. The van der Waals surface area contributed by atoms with Gasteiger partial charge in [-0.2, -0.15) is 0 Å². The number of carbonyl (C=O) groups excluding carboxylic acids is 1. The van der Waals surface area contributed by atoms with E-state index in [2.05, 4.69) is 10.3 Å². The summed E-state index contributed by atoms with van der Waals surface area (Å²) in [6.45, 7) is 0. The predicted octanol–water partition coefficient (Wildman–Crippen LogP) is 3.49. The van der Waals surface area contributed by atoms with E-state index in [0.29, 0.717) is 5.95 Å². The smallest absolute Gasteiger partial charge is 0.258 e. The number of methoxy groups -OCH3 is 1. The van der Waals surface area contributed by atoms with E-state index in [9.17, 15) is 9.18 Å². The molecule has 0 saturated heterocycles. The summed E-state index contributed by atoms with van der Waals surface area (Å²) in [5.41, 5.74) is 2.02. The summed E-state index contributed by atoms with van der Waals surface area (Å²) in [6, 6.07) is 13.0. The Labute approximate surface area is 138 Å². The van der Waals surface area contributed by atoms with Crippen LogP contribution in [0.15, 0.2) is 54.7 Å². The van der Waals surface area contributed by atoms with Crippen molar-refractivity contribution in [2.75, 3.05) is 12.4 Å². The second kappa shape index (κ2) is 6.54. The van der Waals surface area contributed by atoms with E-state index >= 15 is 0 Å². The highest BCUT2D eigenvalue weighted by Gasteiger charge is 2.13. The number of imidazole rings is 1. The molecule has 2 aromatic carbocycles. The fourth-order valence-corrected chi connectivity index (χ4v) is 2.36. The number of benzene rings is 2. The fraction of sp³-hybridized carbons (Fsp3) is 0.111. The molecule has 0 atom stereocenters. The van der Waals surface area contributed by atoms with Gasteiger partial charge in [0.05, 0.1) is 19.0 Å². The molecule has 1 aromatic heterocycles. The maximum absolute atomic E-state index is 13.2. The molecular formula is C18H16FN3O2. The first-order valence-corrected chi connectivity index (χ1v) is 7.31. The lowest BCUT2D eigenvalue weighted by atomic mass is 10.1. The van der Waals surface area contributed by atoms with Crippen molar-refractivity contribution in [3.05, 3.63) is 66.1 Å². The zero-order valence-corrected chi connectivity index (χ0v) is 13.3. The summed E-state index contributed by atoms with van der Waals surface area (Å²) in [5, 5.41) is 2.69. The molecule has 1 amide bonds. The van der Waals surface area contributed by atoms with Gasteiger partial charge in [-0.1, -0.05) is 6.07 Å². The van der Waals surface area contributed by atoms with Crippen LogP contribution in [0, 0.1) is 5.82 Å². The highest BCUT2D eigenvalue weighted by atomic mass is 19.1. The second-order valence-corrected chi connectivity index (χ2v) is 5.22. The van der Waals surface area contributed by atoms with Crippen molar-refractivity contribution in [3.8, 4) is 17.0 Å². The molecular weight excluding hydrogens is 309 g/mol. The number of anilines is 1. The first kappa shape index (κ1) is 15.7. The number of ether oxygens (including phenoxy) is 1. The van der Waals surface area contributed by atoms with E-state index < -0.39 is 11.7 Å². The summed E-state index contributed by atoms with van der Waals surface area (Å²) in [7, 11) is 3.41. The molecule has 6 heteroatoms. The monoisotopic (exact) mass is 325 g/mol. The average Bonchev–Trinajstić information content (AvgIpc) is 2.95. The second-order valence-electron chi connectivity index (χ2n) is 5.22. The minimum absolute atomic E-state index is 0.240. The van der Waals surface area contributed by atoms with Crippen molar-refractivity contribution in [1.29, 1.82) is 0 Å². The van der Waals surface area contributed by atoms with Crippen LogP contribution in [0.25, 0.3) is 11.3 Å². The molecule has 122 valence electrons. The molecule has 3 rings (SSSR count). The van der Waals surface area contributed by atoms with Crippen LogP contribution in [-0.4, -0.2) is 22.6 Å². The number of carbonyl (C=O) groups is 1. The largest absolute Gasteiger partial charge is 0.497 e. The Kier molecular flexibility index (Phi) is 4.29. The molecule has 24 heavy (non-hydrogen) atoms. The standard InChI is InChI=1S/C18H16FN3O2/c1-22-16(12-6-8-15(24-2)9-7-12)11-20-18(22)21-17(23)13-4-3-5-14(19)10-13/h3-11H,1-2H3,(H,20,21,23). The van der Waals surface area contributed by atoms with Crippen molar-refractivity contribution in [2.24, 2.45) is 7.05 Å². The highest BCUT2D eigenvalue weighted by Crippen LogP contribution is 2.24. The lowest BCUT2D eigenvalue weighted by Crippen LogP contribution is -2.15. The first-order chi connectivity index (χ1) is 11.6. The number of rotatable bonds is 4. The Morgan fingerprint density at radius 1 is 1.21 bits per heavy atom. The van der Waals surface area contributed by atoms with Crippen molar-refractivity contribution >= 4 is 11.9 Å². The van der Waals surface area contributed by atoms with E-state index in [-0.39, 0.29) is 5.56 Å². The third-order valence-corrected chi connectivity index (χ3v) is 3.69. The van der Waals surface area contributed by atoms with E-state index in [0.717, 1.165) is 17.0 Å². The lowest BCUT2D eigenvalue weighted by molar-refractivity contribution is 0.102. The van der Waals surface area contributed by atoms with Crippen LogP contribution in [0.3, 0.4) is 0 Å². The minimum atomic E-state index is -0.457. The molecule has 0 bridgehead atoms. The van der Waals surface area contributed by atoms with Gasteiger partial charge in [0.2, 0.25) is 5.95 Å². The van der Waals surface area contributed by atoms with E-state index in [1.54, 1.807) is 31.0 Å². The van der Waals surface area contributed by atoms with Crippen molar-refractivity contribution in [2.45, 2.75) is 0 Å². The summed E-state index contributed by atoms with van der Waals surface area (Å²) < 4.78 is 20.1. The molecule has 5 nitrogen and oxygen atoms in total. The normalized spacial score (nSPS) is 10.5. The third kappa shape index (κ3) is 3.12. The van der Waals surface area contributed by atoms with Gasteiger partial charge in [-0.15, -0.1) is 0 Å². The van der Waals surface area contributed by atoms with Gasteiger partial charge in [0.15, 0.2) is 0 Å². The average molecular weight is 325 g/mol. The van der Waals surface area contributed by atoms with Crippen LogP contribution in [0.1, 0.15) is 10.4 Å². The minimum Gasteiger partial charge on any atom is -0.497 e. The molecule has 0 unspecified atom stereocenters.